The number of carbonyl (C=O) groups is 2. The van der Waals surface area contributed by atoms with Gasteiger partial charge < -0.3 is 15.5 Å². The molecule has 166 valence electrons. The number of fused-ring (bicyclic) bond motifs is 1. The number of nitrogens with one attached hydrogen (secondary N) is 3. The highest BCUT2D eigenvalue weighted by Crippen LogP contribution is 2.26. The van der Waals surface area contributed by atoms with Crippen LogP contribution in [0.4, 0.5) is 16.2 Å². The van der Waals surface area contributed by atoms with E-state index in [4.69, 9.17) is 0 Å². The Bertz CT molecular complexity index is 1060. The maximum absolute atomic E-state index is 12.9. The number of amides is 3. The molecule has 0 radical (unpaired) electrons. The number of hydrogen-bond acceptors (Lipinski definition) is 4. The van der Waals surface area contributed by atoms with Crippen molar-refractivity contribution in [2.45, 2.75) is 44.6 Å². The molecule has 9 heteroatoms. The van der Waals surface area contributed by atoms with Crippen molar-refractivity contribution < 1.29 is 18.0 Å². The van der Waals surface area contributed by atoms with Crippen molar-refractivity contribution in [1.82, 2.24) is 9.62 Å². The Labute approximate surface area is 183 Å². The molecule has 2 aromatic rings. The fourth-order valence-corrected chi connectivity index (χ4v) is 4.75. The predicted octanol–water partition coefficient (Wildman–Crippen LogP) is 3.48. The summed E-state index contributed by atoms with van der Waals surface area (Å²) in [5.74, 6) is -0.0633. The van der Waals surface area contributed by atoms with Crippen LogP contribution in [0.15, 0.2) is 47.4 Å². The molecule has 1 heterocycles. The van der Waals surface area contributed by atoms with E-state index in [1.54, 1.807) is 48.2 Å². The van der Waals surface area contributed by atoms with E-state index in [0.29, 0.717) is 37.3 Å². The van der Waals surface area contributed by atoms with Gasteiger partial charge in [-0.15, -0.1) is 0 Å². The summed E-state index contributed by atoms with van der Waals surface area (Å²) in [6.07, 6.45) is 0.859. The Morgan fingerprint density at radius 3 is 2.42 bits per heavy atom. The van der Waals surface area contributed by atoms with Gasteiger partial charge in [-0.25, -0.2) is 17.9 Å². The summed E-state index contributed by atoms with van der Waals surface area (Å²) >= 11 is 0. The van der Waals surface area contributed by atoms with Crippen LogP contribution in [0.1, 0.15) is 44.4 Å². The zero-order valence-corrected chi connectivity index (χ0v) is 18.8. The third kappa shape index (κ3) is 5.42. The van der Waals surface area contributed by atoms with Crippen LogP contribution in [0.3, 0.4) is 0 Å². The number of sulfonamides is 1. The molecule has 8 nitrogen and oxygen atoms in total. The van der Waals surface area contributed by atoms with Gasteiger partial charge in [-0.3, -0.25) is 4.79 Å². The first-order valence-electron chi connectivity index (χ1n) is 10.3. The van der Waals surface area contributed by atoms with E-state index in [1.807, 2.05) is 13.8 Å². The Morgan fingerprint density at radius 2 is 1.77 bits per heavy atom. The standard InChI is InChI=1S/C22H28N4O4S/c1-4-26(5-2)22(28)23-18-9-6-16(7-10-18)15(3)25-31(29,30)19-11-12-20-17(14-19)8-13-21(27)24-20/h6-7,9-12,14-15,25H,4-5,8,13H2,1-3H3,(H,23,28)(H,24,27). The molecule has 1 atom stereocenters. The minimum atomic E-state index is -3.74. The van der Waals surface area contributed by atoms with Crippen LogP contribution in [0.2, 0.25) is 0 Å². The van der Waals surface area contributed by atoms with Gasteiger partial charge in [0, 0.05) is 36.9 Å². The van der Waals surface area contributed by atoms with Crippen molar-refractivity contribution in [2.75, 3.05) is 23.7 Å². The number of carbonyl (C=O) groups excluding carboxylic acids is 2. The fourth-order valence-electron chi connectivity index (χ4n) is 3.46. The van der Waals surface area contributed by atoms with E-state index >= 15 is 0 Å². The smallest absolute Gasteiger partial charge is 0.321 e. The molecule has 1 aliphatic heterocycles. The fraction of sp³-hybridized carbons (Fsp3) is 0.364. The third-order valence-corrected chi connectivity index (χ3v) is 6.87. The van der Waals surface area contributed by atoms with Crippen molar-refractivity contribution in [3.8, 4) is 0 Å². The van der Waals surface area contributed by atoms with Gasteiger partial charge in [0.2, 0.25) is 15.9 Å². The molecule has 0 aliphatic carbocycles. The zero-order chi connectivity index (χ0) is 22.6. The summed E-state index contributed by atoms with van der Waals surface area (Å²) in [4.78, 5) is 25.5. The van der Waals surface area contributed by atoms with Crippen LogP contribution in [0.25, 0.3) is 0 Å². The number of urea groups is 1. The van der Waals surface area contributed by atoms with Crippen LogP contribution in [0, 0.1) is 0 Å². The molecule has 1 aliphatic rings. The van der Waals surface area contributed by atoms with Crippen molar-refractivity contribution in [3.63, 3.8) is 0 Å². The molecular formula is C22H28N4O4S. The lowest BCUT2D eigenvalue weighted by molar-refractivity contribution is -0.116. The maximum Gasteiger partial charge on any atom is 0.321 e. The summed E-state index contributed by atoms with van der Waals surface area (Å²) in [7, 11) is -3.74. The molecule has 3 rings (SSSR count). The molecular weight excluding hydrogens is 416 g/mol. The van der Waals surface area contributed by atoms with Crippen LogP contribution in [0.5, 0.6) is 0 Å². The van der Waals surface area contributed by atoms with Gasteiger partial charge in [0.1, 0.15) is 0 Å². The molecule has 31 heavy (non-hydrogen) atoms. The quantitative estimate of drug-likeness (QED) is 0.608. The first-order valence-corrected chi connectivity index (χ1v) is 11.8. The Morgan fingerprint density at radius 1 is 1.10 bits per heavy atom. The summed E-state index contributed by atoms with van der Waals surface area (Å²) in [6.45, 7) is 6.83. The number of anilines is 2. The largest absolute Gasteiger partial charge is 0.326 e. The first-order chi connectivity index (χ1) is 14.7. The predicted molar refractivity (Wildman–Crippen MR) is 121 cm³/mol. The topological polar surface area (TPSA) is 108 Å². The number of aryl methyl sites for hydroxylation is 1. The minimum absolute atomic E-state index is 0.0633. The molecule has 0 saturated heterocycles. The number of nitrogens with zero attached hydrogens (tertiary/aromatic N) is 1. The second-order valence-electron chi connectivity index (χ2n) is 7.43. The SMILES string of the molecule is CCN(CC)C(=O)Nc1ccc(C(C)NS(=O)(=O)c2ccc3c(c2)CCC(=O)N3)cc1. The lowest BCUT2D eigenvalue weighted by atomic mass is 10.0. The second kappa shape index (κ2) is 9.49. The van der Waals surface area contributed by atoms with Gasteiger partial charge in [-0.1, -0.05) is 12.1 Å². The van der Waals surface area contributed by atoms with Gasteiger partial charge in [0.25, 0.3) is 0 Å². The average molecular weight is 445 g/mol. The van der Waals surface area contributed by atoms with Crippen molar-refractivity contribution >= 4 is 33.3 Å². The highest BCUT2D eigenvalue weighted by molar-refractivity contribution is 7.89. The van der Waals surface area contributed by atoms with Crippen molar-refractivity contribution in [1.29, 1.82) is 0 Å². The first kappa shape index (κ1) is 22.8. The maximum atomic E-state index is 12.9. The Balaban J connectivity index is 1.68. The number of rotatable bonds is 7. The van der Waals surface area contributed by atoms with E-state index in [-0.39, 0.29) is 16.8 Å². The molecule has 0 aromatic heterocycles. The molecule has 0 spiro atoms. The normalized spacial score (nSPS) is 14.4. The van der Waals surface area contributed by atoms with Gasteiger partial charge in [0.05, 0.1) is 4.90 Å². The van der Waals surface area contributed by atoms with E-state index < -0.39 is 16.1 Å². The highest BCUT2D eigenvalue weighted by Gasteiger charge is 2.22. The molecule has 1 unspecified atom stereocenters. The molecule has 2 aromatic carbocycles. The molecule has 0 fully saturated rings. The molecule has 0 saturated carbocycles. The van der Waals surface area contributed by atoms with E-state index in [9.17, 15) is 18.0 Å². The van der Waals surface area contributed by atoms with Crippen molar-refractivity contribution in [3.05, 3.63) is 53.6 Å². The second-order valence-corrected chi connectivity index (χ2v) is 9.15. The van der Waals surface area contributed by atoms with Crippen LogP contribution < -0.4 is 15.4 Å². The highest BCUT2D eigenvalue weighted by atomic mass is 32.2. The van der Waals surface area contributed by atoms with Crippen LogP contribution >= 0.6 is 0 Å². The summed E-state index contributed by atoms with van der Waals surface area (Å²) in [5, 5.41) is 5.59. The summed E-state index contributed by atoms with van der Waals surface area (Å²) in [5.41, 5.74) is 2.89. The van der Waals surface area contributed by atoms with E-state index in [0.717, 1.165) is 11.1 Å². The average Bonchev–Trinajstić information content (AvgIpc) is 2.74. The van der Waals surface area contributed by atoms with Gasteiger partial charge >= 0.3 is 6.03 Å². The Kier molecular flexibility index (Phi) is 6.97. The Hall–Kier alpha value is -2.91. The number of hydrogen-bond donors (Lipinski definition) is 3. The minimum Gasteiger partial charge on any atom is -0.326 e. The number of benzene rings is 2. The van der Waals surface area contributed by atoms with Crippen LogP contribution in [-0.2, 0) is 21.2 Å². The third-order valence-electron chi connectivity index (χ3n) is 5.33. The van der Waals surface area contributed by atoms with Crippen LogP contribution in [-0.4, -0.2) is 38.3 Å². The molecule has 3 N–H and O–H groups in total. The molecule has 3 amide bonds. The lowest BCUT2D eigenvalue weighted by Gasteiger charge is -2.20. The van der Waals surface area contributed by atoms with E-state index in [1.165, 1.54) is 6.07 Å². The van der Waals surface area contributed by atoms with Gasteiger partial charge in [0.15, 0.2) is 0 Å². The lowest BCUT2D eigenvalue weighted by Crippen LogP contribution is -2.34. The summed E-state index contributed by atoms with van der Waals surface area (Å²) < 4.78 is 28.4. The van der Waals surface area contributed by atoms with Gasteiger partial charge in [-0.05, 0) is 68.7 Å². The summed E-state index contributed by atoms with van der Waals surface area (Å²) in [6, 6.07) is 11.2. The zero-order valence-electron chi connectivity index (χ0n) is 17.9. The van der Waals surface area contributed by atoms with E-state index in [2.05, 4.69) is 15.4 Å². The monoisotopic (exact) mass is 444 g/mol. The molecule has 0 bridgehead atoms. The van der Waals surface area contributed by atoms with Crippen molar-refractivity contribution in [2.24, 2.45) is 0 Å². The van der Waals surface area contributed by atoms with Gasteiger partial charge in [-0.2, -0.15) is 0 Å².